The van der Waals surface area contributed by atoms with Crippen molar-refractivity contribution in [1.29, 1.82) is 0 Å². The molecule has 0 fully saturated rings. The van der Waals surface area contributed by atoms with Crippen LogP contribution in [-0.2, 0) is 0 Å². The van der Waals surface area contributed by atoms with Gasteiger partial charge in [0.15, 0.2) is 0 Å². The lowest BCUT2D eigenvalue weighted by Gasteiger charge is -2.30. The third-order valence-corrected chi connectivity index (χ3v) is 13.2. The zero-order chi connectivity index (χ0) is 39.1. The highest BCUT2D eigenvalue weighted by Crippen LogP contribution is 2.45. The first-order valence-corrected chi connectivity index (χ1v) is 21.4. The van der Waals surface area contributed by atoms with Crippen molar-refractivity contribution < 1.29 is 0 Å². The molecule has 8 rings (SSSR count). The molecular weight excluding hydrogens is 715 g/mol. The third-order valence-electron chi connectivity index (χ3n) is 10.4. The van der Waals surface area contributed by atoms with E-state index < -0.39 is 0 Å². The highest BCUT2D eigenvalue weighted by Gasteiger charge is 2.23. The largest absolute Gasteiger partial charge is 0.318 e. The van der Waals surface area contributed by atoms with Gasteiger partial charge in [-0.2, -0.15) is 0 Å². The minimum absolute atomic E-state index is 0.349. The molecule has 2 nitrogen and oxygen atoms in total. The minimum Gasteiger partial charge on any atom is -0.318 e. The number of rotatable bonds is 9. The lowest BCUT2D eigenvalue weighted by atomic mass is 9.94. The topological polar surface area (TPSA) is 6.48 Å². The van der Waals surface area contributed by atoms with Crippen LogP contribution >= 0.6 is 17.5 Å². The molecule has 0 bridgehead atoms. The summed E-state index contributed by atoms with van der Waals surface area (Å²) >= 11 is 0. The summed E-state index contributed by atoms with van der Waals surface area (Å²) in [6, 6.07) is 55.2. The van der Waals surface area contributed by atoms with Gasteiger partial charge in [-0.25, -0.2) is 0 Å². The van der Waals surface area contributed by atoms with E-state index in [0.717, 1.165) is 0 Å². The van der Waals surface area contributed by atoms with Crippen LogP contribution in [0, 0.1) is 55.4 Å². The Hall–Kier alpha value is -5.26. The third kappa shape index (κ3) is 7.88. The van der Waals surface area contributed by atoms with Crippen LogP contribution in [0.25, 0.3) is 32.7 Å². The second-order valence-electron chi connectivity index (χ2n) is 15.7. The van der Waals surface area contributed by atoms with Crippen LogP contribution in [0.3, 0.4) is 0 Å². The van der Waals surface area contributed by atoms with E-state index in [-0.39, 0.29) is 0 Å². The lowest BCUT2D eigenvalue weighted by Crippen LogP contribution is -2.18. The molecule has 2 atom stereocenters. The highest BCUT2D eigenvalue weighted by atomic mass is 31.1. The van der Waals surface area contributed by atoms with Crippen molar-refractivity contribution >= 4 is 72.4 Å². The second kappa shape index (κ2) is 15.7. The first kappa shape index (κ1) is 37.7. The van der Waals surface area contributed by atoms with E-state index in [2.05, 4.69) is 210 Å². The average Bonchev–Trinajstić information content (AvgIpc) is 3.14. The molecular formula is C52H50N2P2. The Morgan fingerprint density at radius 2 is 0.571 bits per heavy atom. The SMILES string of the molecule is Cc1cc(C)cc(N(Pc2ccc3ccccc3c2-c2c(PN(c3cc(C)cc(C)c3)c3cc(C)cc(C)c3)ccc3ccccc23)c2cc(C)cc(C)c2)c1. The molecule has 0 radical (unpaired) electrons. The van der Waals surface area contributed by atoms with Gasteiger partial charge in [0.1, 0.15) is 0 Å². The molecule has 0 heterocycles. The molecule has 8 aromatic carbocycles. The minimum atomic E-state index is 0.349. The van der Waals surface area contributed by atoms with Gasteiger partial charge in [0.25, 0.3) is 0 Å². The average molecular weight is 765 g/mol. The van der Waals surface area contributed by atoms with Gasteiger partial charge in [-0.3, -0.25) is 0 Å². The van der Waals surface area contributed by atoms with Crippen molar-refractivity contribution in [1.82, 2.24) is 0 Å². The van der Waals surface area contributed by atoms with E-state index in [1.807, 2.05) is 0 Å². The fourth-order valence-corrected chi connectivity index (χ4v) is 11.0. The smallest absolute Gasteiger partial charge is 0.0453 e. The van der Waals surface area contributed by atoms with Crippen LogP contribution < -0.4 is 19.9 Å². The maximum atomic E-state index is 2.55. The molecule has 56 heavy (non-hydrogen) atoms. The summed E-state index contributed by atoms with van der Waals surface area (Å²) in [5.41, 5.74) is 17.7. The molecule has 0 amide bonds. The van der Waals surface area contributed by atoms with E-state index in [9.17, 15) is 0 Å². The molecule has 8 aromatic rings. The summed E-state index contributed by atoms with van der Waals surface area (Å²) in [6.07, 6.45) is 0. The van der Waals surface area contributed by atoms with Crippen molar-refractivity contribution in [3.05, 3.63) is 190 Å². The van der Waals surface area contributed by atoms with Gasteiger partial charge in [0.05, 0.1) is 0 Å². The lowest BCUT2D eigenvalue weighted by molar-refractivity contribution is 1.31. The van der Waals surface area contributed by atoms with Gasteiger partial charge in [-0.05, 0) is 181 Å². The number of nitrogens with zero attached hydrogens (tertiary/aromatic N) is 2. The number of hydrogen-bond acceptors (Lipinski definition) is 2. The quantitative estimate of drug-likeness (QED) is 0.135. The standard InChI is InChI=1S/C52H50N2P2/c1-33-21-34(2)26-43(25-33)53(44-27-35(3)22-36(4)28-44)55-49-19-17-41-13-9-11-15-47(41)51(49)52-48-16-12-10-14-42(48)18-20-50(52)56-54(45-29-37(5)23-38(6)30-45)46-31-39(7)24-40(8)32-46/h9-32,55-56H,1-8H3. The van der Waals surface area contributed by atoms with Crippen molar-refractivity contribution in [3.8, 4) is 11.1 Å². The summed E-state index contributed by atoms with van der Waals surface area (Å²) in [5.74, 6) is 0. The van der Waals surface area contributed by atoms with Crippen LogP contribution in [0.15, 0.2) is 146 Å². The number of benzene rings is 8. The second-order valence-corrected chi connectivity index (χ2v) is 18.1. The Kier molecular flexibility index (Phi) is 10.6. The number of fused-ring (bicyclic) bond motifs is 2. The van der Waals surface area contributed by atoms with E-state index in [1.54, 1.807) is 0 Å². The Bertz CT molecular complexity index is 2390. The fraction of sp³-hybridized carbons (Fsp3) is 0.154. The van der Waals surface area contributed by atoms with Crippen molar-refractivity contribution in [3.63, 3.8) is 0 Å². The molecule has 0 saturated heterocycles. The zero-order valence-electron chi connectivity index (χ0n) is 33.8. The Balaban J connectivity index is 1.40. The molecule has 0 N–H and O–H groups in total. The van der Waals surface area contributed by atoms with Gasteiger partial charge in [-0.15, -0.1) is 0 Å². The maximum absolute atomic E-state index is 2.55. The monoisotopic (exact) mass is 764 g/mol. The predicted molar refractivity (Wildman–Crippen MR) is 251 cm³/mol. The molecule has 2 unspecified atom stereocenters. The number of aryl methyl sites for hydroxylation is 8. The summed E-state index contributed by atoms with van der Waals surface area (Å²) in [6.45, 7) is 17.7. The first-order valence-electron chi connectivity index (χ1n) is 19.5. The van der Waals surface area contributed by atoms with Crippen molar-refractivity contribution in [2.45, 2.75) is 55.4 Å². The van der Waals surface area contributed by atoms with Crippen LogP contribution in [-0.4, -0.2) is 0 Å². The Morgan fingerprint density at radius 1 is 0.304 bits per heavy atom. The summed E-state index contributed by atoms with van der Waals surface area (Å²) in [4.78, 5) is 0. The van der Waals surface area contributed by atoms with Crippen molar-refractivity contribution in [2.24, 2.45) is 0 Å². The van der Waals surface area contributed by atoms with Gasteiger partial charge in [0, 0.05) is 50.8 Å². The van der Waals surface area contributed by atoms with Gasteiger partial charge in [0.2, 0.25) is 0 Å². The van der Waals surface area contributed by atoms with Crippen LogP contribution in [0.5, 0.6) is 0 Å². The molecule has 0 aromatic heterocycles. The zero-order valence-corrected chi connectivity index (χ0v) is 35.8. The summed E-state index contributed by atoms with van der Waals surface area (Å²) in [7, 11) is 0.697. The van der Waals surface area contributed by atoms with E-state index in [4.69, 9.17) is 0 Å². The number of anilines is 4. The predicted octanol–water partition coefficient (Wildman–Crippen LogP) is 14.2. The van der Waals surface area contributed by atoms with Gasteiger partial charge >= 0.3 is 0 Å². The summed E-state index contributed by atoms with van der Waals surface area (Å²) < 4.78 is 5.11. The molecule has 278 valence electrons. The maximum Gasteiger partial charge on any atom is 0.0453 e. The van der Waals surface area contributed by atoms with E-state index in [0.29, 0.717) is 17.5 Å². The van der Waals surface area contributed by atoms with E-state index >= 15 is 0 Å². The molecule has 0 aliphatic carbocycles. The Labute approximate surface area is 336 Å². The Morgan fingerprint density at radius 3 is 0.857 bits per heavy atom. The van der Waals surface area contributed by atoms with Crippen molar-refractivity contribution in [2.75, 3.05) is 9.34 Å². The van der Waals surface area contributed by atoms with Gasteiger partial charge in [-0.1, -0.05) is 97.1 Å². The normalized spacial score (nSPS) is 11.8. The van der Waals surface area contributed by atoms with Crippen LogP contribution in [0.2, 0.25) is 0 Å². The summed E-state index contributed by atoms with van der Waals surface area (Å²) in [5, 5.41) is 7.73. The molecule has 4 heteroatoms. The number of hydrogen-bond donors (Lipinski definition) is 0. The van der Waals surface area contributed by atoms with E-state index in [1.165, 1.54) is 111 Å². The fourth-order valence-electron chi connectivity index (χ4n) is 8.38. The van der Waals surface area contributed by atoms with Crippen LogP contribution in [0.4, 0.5) is 22.7 Å². The van der Waals surface area contributed by atoms with Gasteiger partial charge < -0.3 is 9.34 Å². The highest BCUT2D eigenvalue weighted by molar-refractivity contribution is 7.51. The molecule has 0 aliphatic heterocycles. The van der Waals surface area contributed by atoms with Crippen LogP contribution in [0.1, 0.15) is 44.5 Å². The molecule has 0 spiro atoms. The molecule has 0 saturated carbocycles. The first-order chi connectivity index (χ1) is 27.0. The molecule has 0 aliphatic rings.